The maximum atomic E-state index is 10.4. The van der Waals surface area contributed by atoms with Gasteiger partial charge in [0.25, 0.3) is 0 Å². The Morgan fingerprint density at radius 2 is 1.06 bits per heavy atom. The third kappa shape index (κ3) is 3.66. The van der Waals surface area contributed by atoms with Crippen molar-refractivity contribution >= 4 is 21.8 Å². The fraction of sp³-hybridized carbons (Fsp3) is 0.0444. The fourth-order valence-electron chi connectivity index (χ4n) is 8.51. The number of aromatic nitrogens is 1. The van der Waals surface area contributed by atoms with Crippen molar-refractivity contribution in [3.05, 3.63) is 197 Å². The predicted molar refractivity (Wildman–Crippen MR) is 191 cm³/mol. The number of fused-ring (bicyclic) bond motifs is 3. The molecule has 0 saturated carbocycles. The summed E-state index contributed by atoms with van der Waals surface area (Å²) in [5, 5.41) is 12.8. The van der Waals surface area contributed by atoms with Gasteiger partial charge in [-0.15, -0.1) is 0 Å². The van der Waals surface area contributed by atoms with Crippen molar-refractivity contribution in [1.29, 1.82) is 5.26 Å². The Balaban J connectivity index is 1.21. The van der Waals surface area contributed by atoms with E-state index >= 15 is 0 Å². The van der Waals surface area contributed by atoms with E-state index in [2.05, 4.69) is 162 Å². The first-order valence-electron chi connectivity index (χ1n) is 16.2. The van der Waals surface area contributed by atoms with Crippen LogP contribution in [-0.4, -0.2) is 4.57 Å². The molecule has 0 saturated heterocycles. The van der Waals surface area contributed by atoms with Crippen molar-refractivity contribution in [1.82, 2.24) is 4.57 Å². The first kappa shape index (κ1) is 26.1. The topological polar surface area (TPSA) is 28.7 Å². The van der Waals surface area contributed by atoms with Crippen molar-refractivity contribution in [2.75, 3.05) is 0 Å². The number of nitrogens with zero attached hydrogens (tertiary/aromatic N) is 2. The molecular formula is C45H28N2. The summed E-state index contributed by atoms with van der Waals surface area (Å²) in [6, 6.07) is 59.5. The molecule has 47 heavy (non-hydrogen) atoms. The molecule has 3 aliphatic rings. The van der Waals surface area contributed by atoms with E-state index in [0.29, 0.717) is 0 Å². The molecule has 0 radical (unpaired) electrons. The van der Waals surface area contributed by atoms with Crippen LogP contribution in [0.25, 0.3) is 49.7 Å². The molecule has 0 unspecified atom stereocenters. The molecule has 218 valence electrons. The molecule has 0 amide bonds. The highest BCUT2D eigenvalue weighted by Crippen LogP contribution is 2.58. The van der Waals surface area contributed by atoms with Gasteiger partial charge in [-0.25, -0.2) is 0 Å². The Labute approximate surface area is 273 Å². The van der Waals surface area contributed by atoms with Crippen LogP contribution in [0.15, 0.2) is 158 Å². The van der Waals surface area contributed by atoms with Crippen LogP contribution in [0, 0.1) is 11.3 Å². The molecule has 1 aromatic heterocycles. The van der Waals surface area contributed by atoms with E-state index in [-0.39, 0.29) is 11.8 Å². The van der Waals surface area contributed by atoms with Crippen LogP contribution in [0.1, 0.15) is 50.8 Å². The molecule has 11 rings (SSSR count). The van der Waals surface area contributed by atoms with Crippen LogP contribution in [-0.2, 0) is 0 Å². The summed E-state index contributed by atoms with van der Waals surface area (Å²) in [4.78, 5) is 0. The summed E-state index contributed by atoms with van der Waals surface area (Å²) < 4.78 is 2.39. The number of nitriles is 1. The number of para-hydroxylation sites is 1. The normalized spacial score (nSPS) is 15.6. The monoisotopic (exact) mass is 596 g/mol. The number of rotatable bonds is 3. The lowest BCUT2D eigenvalue weighted by Gasteiger charge is -2.43. The lowest BCUT2D eigenvalue weighted by Crippen LogP contribution is -2.29. The van der Waals surface area contributed by atoms with Crippen LogP contribution in [0.2, 0.25) is 0 Å². The van der Waals surface area contributed by atoms with Gasteiger partial charge < -0.3 is 4.57 Å². The van der Waals surface area contributed by atoms with Crippen molar-refractivity contribution in [2.24, 2.45) is 0 Å². The second kappa shape index (κ2) is 9.91. The smallest absolute Gasteiger partial charge is 0.0994 e. The minimum Gasteiger partial charge on any atom is -0.309 e. The van der Waals surface area contributed by atoms with Gasteiger partial charge in [0.05, 0.1) is 22.7 Å². The van der Waals surface area contributed by atoms with Gasteiger partial charge in [-0.05, 0) is 92.0 Å². The second-order valence-corrected chi connectivity index (χ2v) is 12.7. The van der Waals surface area contributed by atoms with Crippen LogP contribution < -0.4 is 0 Å². The maximum absolute atomic E-state index is 10.4. The lowest BCUT2D eigenvalue weighted by molar-refractivity contribution is 0.753. The average molecular weight is 597 g/mol. The van der Waals surface area contributed by atoms with E-state index < -0.39 is 0 Å². The average Bonchev–Trinajstić information content (AvgIpc) is 3.48. The van der Waals surface area contributed by atoms with Gasteiger partial charge in [0.15, 0.2) is 0 Å². The molecule has 2 bridgehead atoms. The van der Waals surface area contributed by atoms with E-state index in [4.69, 9.17) is 0 Å². The zero-order chi connectivity index (χ0) is 31.1. The molecule has 1 heterocycles. The highest BCUT2D eigenvalue weighted by Gasteiger charge is 2.43. The first-order chi connectivity index (χ1) is 23.3. The number of hydrogen-bond donors (Lipinski definition) is 0. The molecule has 3 aliphatic carbocycles. The highest BCUT2D eigenvalue weighted by molar-refractivity contribution is 6.10. The van der Waals surface area contributed by atoms with Gasteiger partial charge in [-0.1, -0.05) is 121 Å². The molecule has 0 fully saturated rings. The van der Waals surface area contributed by atoms with Crippen LogP contribution in [0.5, 0.6) is 0 Å². The molecule has 0 atom stereocenters. The number of benzene rings is 7. The van der Waals surface area contributed by atoms with Gasteiger partial charge in [-0.2, -0.15) is 5.26 Å². The quantitative estimate of drug-likeness (QED) is 0.199. The van der Waals surface area contributed by atoms with E-state index in [1.807, 2.05) is 6.07 Å². The number of hydrogen-bond acceptors (Lipinski definition) is 1. The molecule has 2 nitrogen and oxygen atoms in total. The Morgan fingerprint density at radius 3 is 1.79 bits per heavy atom. The molecule has 7 aromatic carbocycles. The third-order valence-corrected chi connectivity index (χ3v) is 10.4. The second-order valence-electron chi connectivity index (χ2n) is 12.7. The molecule has 0 N–H and O–H groups in total. The molecule has 8 aromatic rings. The van der Waals surface area contributed by atoms with Gasteiger partial charge in [0.1, 0.15) is 0 Å². The standard InChI is InChI=1S/C45H28N2/c46-27-31-21-23-33(45-42(31)43-35-16-4-6-18-37(35)44(45)38-19-7-5-17-36(38)43)30-22-24-41-39(26-30)34-15-8-9-20-40(34)47(41)32-14-10-13-29(25-32)28-11-2-1-3-12-28/h1-26,43-44H. The predicted octanol–water partition coefficient (Wildman–Crippen LogP) is 11.0. The Bertz CT molecular complexity index is 2550. The Kier molecular flexibility index (Phi) is 5.50. The largest absolute Gasteiger partial charge is 0.309 e. The van der Waals surface area contributed by atoms with Gasteiger partial charge in [0, 0.05) is 28.3 Å². The summed E-state index contributed by atoms with van der Waals surface area (Å²) in [5.74, 6) is 0.142. The van der Waals surface area contributed by atoms with Crippen molar-refractivity contribution in [3.63, 3.8) is 0 Å². The molecule has 0 aliphatic heterocycles. The first-order valence-corrected chi connectivity index (χ1v) is 16.2. The third-order valence-electron chi connectivity index (χ3n) is 10.4. The zero-order valence-corrected chi connectivity index (χ0v) is 25.6. The van der Waals surface area contributed by atoms with E-state index in [0.717, 1.165) is 11.3 Å². The van der Waals surface area contributed by atoms with Crippen LogP contribution in [0.4, 0.5) is 0 Å². The zero-order valence-electron chi connectivity index (χ0n) is 25.6. The van der Waals surface area contributed by atoms with Crippen molar-refractivity contribution in [2.45, 2.75) is 11.8 Å². The summed E-state index contributed by atoms with van der Waals surface area (Å²) in [6.07, 6.45) is 0. The van der Waals surface area contributed by atoms with Crippen molar-refractivity contribution < 1.29 is 0 Å². The SMILES string of the molecule is N#Cc1ccc(-c2ccc3c(c2)c2ccccc2n3-c2cccc(-c3ccccc3)c2)c2c1C1c3ccccc3C2c2ccccc21. The summed E-state index contributed by atoms with van der Waals surface area (Å²) >= 11 is 0. The lowest BCUT2D eigenvalue weighted by atomic mass is 9.59. The minimum absolute atomic E-state index is 0.0551. The van der Waals surface area contributed by atoms with Gasteiger partial charge >= 0.3 is 0 Å². The summed E-state index contributed by atoms with van der Waals surface area (Å²) in [7, 11) is 0. The van der Waals surface area contributed by atoms with Crippen LogP contribution >= 0.6 is 0 Å². The summed E-state index contributed by atoms with van der Waals surface area (Å²) in [5.41, 5.74) is 16.9. The van der Waals surface area contributed by atoms with E-state index in [9.17, 15) is 5.26 Å². The molecule has 0 spiro atoms. The Morgan fingerprint density at radius 1 is 0.447 bits per heavy atom. The summed E-state index contributed by atoms with van der Waals surface area (Å²) in [6.45, 7) is 0. The maximum Gasteiger partial charge on any atom is 0.0994 e. The highest BCUT2D eigenvalue weighted by atomic mass is 15.0. The van der Waals surface area contributed by atoms with Gasteiger partial charge in [-0.3, -0.25) is 0 Å². The molecular weight excluding hydrogens is 569 g/mol. The fourth-order valence-corrected chi connectivity index (χ4v) is 8.51. The van der Waals surface area contributed by atoms with Crippen molar-refractivity contribution in [3.8, 4) is 34.0 Å². The van der Waals surface area contributed by atoms with Crippen LogP contribution in [0.3, 0.4) is 0 Å². The van der Waals surface area contributed by atoms with E-state index in [1.54, 1.807) is 0 Å². The minimum atomic E-state index is 0.0551. The molecule has 2 heteroatoms. The van der Waals surface area contributed by atoms with Gasteiger partial charge in [0.2, 0.25) is 0 Å². The Hall–Kier alpha value is -6.17. The van der Waals surface area contributed by atoms with E-state index in [1.165, 1.54) is 77.4 Å².